The first-order valence-electron chi connectivity index (χ1n) is 10.1. The Morgan fingerprint density at radius 3 is 2.61 bits per heavy atom. The Balaban J connectivity index is 1.57. The summed E-state index contributed by atoms with van der Waals surface area (Å²) < 4.78 is 0. The van der Waals surface area contributed by atoms with E-state index in [9.17, 15) is 4.79 Å². The maximum Gasteiger partial charge on any atom is 0.229 e. The van der Waals surface area contributed by atoms with Crippen LogP contribution in [0.4, 0.5) is 11.5 Å². The van der Waals surface area contributed by atoms with Gasteiger partial charge in [0.1, 0.15) is 5.82 Å². The molecule has 1 aromatic heterocycles. The van der Waals surface area contributed by atoms with E-state index in [4.69, 9.17) is 0 Å². The molecular formula is C23H32N4O. The lowest BCUT2D eigenvalue weighted by atomic mass is 9.96. The Kier molecular flexibility index (Phi) is 6.35. The van der Waals surface area contributed by atoms with Crippen LogP contribution in [0.5, 0.6) is 0 Å². The molecule has 0 saturated carbocycles. The molecule has 0 radical (unpaired) electrons. The van der Waals surface area contributed by atoms with Gasteiger partial charge in [-0.25, -0.2) is 4.98 Å². The van der Waals surface area contributed by atoms with Gasteiger partial charge in [0, 0.05) is 38.1 Å². The maximum atomic E-state index is 12.1. The molecule has 1 amide bonds. The molecular weight excluding hydrogens is 348 g/mol. The van der Waals surface area contributed by atoms with Crippen molar-refractivity contribution in [3.8, 4) is 0 Å². The zero-order chi connectivity index (χ0) is 20.1. The summed E-state index contributed by atoms with van der Waals surface area (Å²) in [5.74, 6) is 0.981. The van der Waals surface area contributed by atoms with Gasteiger partial charge < -0.3 is 10.2 Å². The highest BCUT2D eigenvalue weighted by molar-refractivity contribution is 5.94. The Morgan fingerprint density at radius 1 is 1.11 bits per heavy atom. The van der Waals surface area contributed by atoms with Gasteiger partial charge in [-0.2, -0.15) is 0 Å². The number of amides is 1. The number of pyridine rings is 1. The molecule has 150 valence electrons. The van der Waals surface area contributed by atoms with Crippen LogP contribution >= 0.6 is 0 Å². The quantitative estimate of drug-likeness (QED) is 0.868. The largest absolute Gasteiger partial charge is 0.355 e. The molecule has 5 nitrogen and oxygen atoms in total. The highest BCUT2D eigenvalue weighted by Crippen LogP contribution is 2.20. The van der Waals surface area contributed by atoms with Gasteiger partial charge in [0.25, 0.3) is 0 Å². The van der Waals surface area contributed by atoms with Crippen LogP contribution in [0.15, 0.2) is 42.6 Å². The van der Waals surface area contributed by atoms with Crippen LogP contribution in [0.25, 0.3) is 0 Å². The number of hydrogen-bond donors (Lipinski definition) is 1. The van der Waals surface area contributed by atoms with E-state index in [1.54, 1.807) is 6.20 Å². The molecule has 1 N–H and O–H groups in total. The highest BCUT2D eigenvalue weighted by atomic mass is 16.2. The number of aromatic nitrogens is 1. The third-order valence-electron chi connectivity index (χ3n) is 5.09. The van der Waals surface area contributed by atoms with Crippen LogP contribution in [0.1, 0.15) is 38.3 Å². The summed E-state index contributed by atoms with van der Waals surface area (Å²) in [6, 6.07) is 12.7. The van der Waals surface area contributed by atoms with Crippen molar-refractivity contribution in [3.05, 3.63) is 53.7 Å². The van der Waals surface area contributed by atoms with Crippen LogP contribution in [0.2, 0.25) is 0 Å². The van der Waals surface area contributed by atoms with Crippen LogP contribution in [-0.2, 0) is 11.3 Å². The molecule has 0 spiro atoms. The van der Waals surface area contributed by atoms with E-state index in [-0.39, 0.29) is 5.91 Å². The lowest BCUT2D eigenvalue weighted by Gasteiger charge is -2.23. The number of nitrogens with one attached hydrogen (secondary N) is 1. The number of hydrogen-bond acceptors (Lipinski definition) is 4. The Bertz CT molecular complexity index is 795. The first-order chi connectivity index (χ1) is 13.3. The van der Waals surface area contributed by atoms with Crippen LogP contribution in [-0.4, -0.2) is 42.0 Å². The summed E-state index contributed by atoms with van der Waals surface area (Å²) >= 11 is 0. The van der Waals surface area contributed by atoms with Crippen molar-refractivity contribution in [2.75, 3.05) is 36.4 Å². The Labute approximate surface area is 168 Å². The predicted octanol–water partition coefficient (Wildman–Crippen LogP) is 4.09. The minimum absolute atomic E-state index is 0.00335. The van der Waals surface area contributed by atoms with Crippen molar-refractivity contribution in [3.63, 3.8) is 0 Å². The first-order valence-corrected chi connectivity index (χ1v) is 10.1. The Hall–Kier alpha value is -2.40. The van der Waals surface area contributed by atoms with Crippen molar-refractivity contribution >= 4 is 17.4 Å². The predicted molar refractivity (Wildman–Crippen MR) is 116 cm³/mol. The second kappa shape index (κ2) is 8.74. The molecule has 3 rings (SSSR count). The SMILES string of the molecule is Cc1cccc(CN2CCCN(c3ccc(NC(=O)C(C)(C)C)cn3)CC2)c1. The zero-order valence-corrected chi connectivity index (χ0v) is 17.5. The number of carbonyl (C=O) groups excluding carboxylic acids is 1. The van der Waals surface area contributed by atoms with E-state index < -0.39 is 5.41 Å². The standard InChI is InChI=1S/C23H32N4O/c1-18-7-5-8-19(15-18)17-26-11-6-12-27(14-13-26)21-10-9-20(16-24-21)25-22(28)23(2,3)4/h5,7-10,15-16H,6,11-14,17H2,1-4H3,(H,25,28). The van der Waals surface area contributed by atoms with Crippen molar-refractivity contribution in [1.82, 2.24) is 9.88 Å². The zero-order valence-electron chi connectivity index (χ0n) is 17.5. The van der Waals surface area contributed by atoms with Gasteiger partial charge in [0.05, 0.1) is 11.9 Å². The maximum absolute atomic E-state index is 12.1. The molecule has 0 atom stereocenters. The molecule has 0 aliphatic carbocycles. The highest BCUT2D eigenvalue weighted by Gasteiger charge is 2.21. The average molecular weight is 381 g/mol. The van der Waals surface area contributed by atoms with Crippen LogP contribution in [0, 0.1) is 12.3 Å². The smallest absolute Gasteiger partial charge is 0.229 e. The van der Waals surface area contributed by atoms with Gasteiger partial charge in [0.15, 0.2) is 0 Å². The number of carbonyl (C=O) groups is 1. The first kappa shape index (κ1) is 20.3. The topological polar surface area (TPSA) is 48.5 Å². The third kappa shape index (κ3) is 5.55. The fourth-order valence-corrected chi connectivity index (χ4v) is 3.39. The monoisotopic (exact) mass is 380 g/mol. The molecule has 1 aromatic carbocycles. The van der Waals surface area contributed by atoms with Crippen molar-refractivity contribution in [2.24, 2.45) is 5.41 Å². The fourth-order valence-electron chi connectivity index (χ4n) is 3.39. The summed E-state index contributed by atoms with van der Waals surface area (Å²) in [5.41, 5.74) is 3.03. The van der Waals surface area contributed by atoms with Gasteiger partial charge in [-0.05, 0) is 31.0 Å². The summed E-state index contributed by atoms with van der Waals surface area (Å²) in [4.78, 5) is 21.6. The van der Waals surface area contributed by atoms with Crippen LogP contribution in [0.3, 0.4) is 0 Å². The van der Waals surface area contributed by atoms with Gasteiger partial charge >= 0.3 is 0 Å². The summed E-state index contributed by atoms with van der Waals surface area (Å²) in [5, 5.41) is 2.94. The molecule has 1 saturated heterocycles. The van der Waals surface area contributed by atoms with Crippen molar-refractivity contribution < 1.29 is 4.79 Å². The molecule has 1 aliphatic rings. The number of aryl methyl sites for hydroxylation is 1. The second-order valence-electron chi connectivity index (χ2n) is 8.71. The number of anilines is 2. The third-order valence-corrected chi connectivity index (χ3v) is 5.09. The average Bonchev–Trinajstić information content (AvgIpc) is 2.87. The number of benzene rings is 1. The van der Waals surface area contributed by atoms with E-state index in [0.29, 0.717) is 0 Å². The normalized spacial score (nSPS) is 15.9. The Morgan fingerprint density at radius 2 is 1.93 bits per heavy atom. The number of rotatable bonds is 4. The van der Waals surface area contributed by atoms with E-state index in [1.165, 1.54) is 11.1 Å². The molecule has 0 bridgehead atoms. The molecule has 2 aromatic rings. The number of nitrogens with zero attached hydrogens (tertiary/aromatic N) is 3. The minimum atomic E-state index is -0.412. The molecule has 0 unspecified atom stereocenters. The summed E-state index contributed by atoms with van der Waals surface area (Å²) in [7, 11) is 0. The van der Waals surface area contributed by atoms with Crippen LogP contribution < -0.4 is 10.2 Å². The van der Waals surface area contributed by atoms with Gasteiger partial charge in [-0.3, -0.25) is 9.69 Å². The van der Waals surface area contributed by atoms with Gasteiger partial charge in [-0.1, -0.05) is 50.6 Å². The fraction of sp³-hybridized carbons (Fsp3) is 0.478. The second-order valence-corrected chi connectivity index (χ2v) is 8.71. The molecule has 5 heteroatoms. The molecule has 2 heterocycles. The molecule has 1 fully saturated rings. The summed E-state index contributed by atoms with van der Waals surface area (Å²) in [6.07, 6.45) is 2.88. The van der Waals surface area contributed by atoms with E-state index in [0.717, 1.165) is 50.6 Å². The van der Waals surface area contributed by atoms with E-state index >= 15 is 0 Å². The van der Waals surface area contributed by atoms with E-state index in [1.807, 2.05) is 32.9 Å². The molecule has 1 aliphatic heterocycles. The minimum Gasteiger partial charge on any atom is -0.355 e. The van der Waals surface area contributed by atoms with E-state index in [2.05, 4.69) is 51.3 Å². The summed E-state index contributed by atoms with van der Waals surface area (Å²) in [6.45, 7) is 13.0. The lowest BCUT2D eigenvalue weighted by Crippen LogP contribution is -2.31. The van der Waals surface area contributed by atoms with Gasteiger partial charge in [-0.15, -0.1) is 0 Å². The van der Waals surface area contributed by atoms with Gasteiger partial charge in [0.2, 0.25) is 5.91 Å². The van der Waals surface area contributed by atoms with Crippen molar-refractivity contribution in [2.45, 2.75) is 40.7 Å². The molecule has 28 heavy (non-hydrogen) atoms. The van der Waals surface area contributed by atoms with Crippen molar-refractivity contribution in [1.29, 1.82) is 0 Å². The lowest BCUT2D eigenvalue weighted by molar-refractivity contribution is -0.123.